The van der Waals surface area contributed by atoms with E-state index < -0.39 is 0 Å². The molecule has 1 atom stereocenters. The third-order valence-electron chi connectivity index (χ3n) is 10.1. The van der Waals surface area contributed by atoms with E-state index in [9.17, 15) is 0 Å². The zero-order chi connectivity index (χ0) is 30.9. The molecule has 0 saturated heterocycles. The summed E-state index contributed by atoms with van der Waals surface area (Å²) in [4.78, 5) is 5.41. The van der Waals surface area contributed by atoms with Crippen molar-refractivity contribution in [1.82, 2.24) is 9.80 Å². The van der Waals surface area contributed by atoms with Crippen LogP contribution in [0, 0.1) is 0 Å². The van der Waals surface area contributed by atoms with Gasteiger partial charge in [-0.15, -0.1) is 0 Å². The minimum absolute atomic E-state index is 0.640. The van der Waals surface area contributed by atoms with Crippen LogP contribution in [-0.2, 0) is 0 Å². The van der Waals surface area contributed by atoms with Crippen LogP contribution < -0.4 is 0 Å². The van der Waals surface area contributed by atoms with E-state index in [0.717, 1.165) is 0 Å². The van der Waals surface area contributed by atoms with Crippen molar-refractivity contribution in [2.75, 3.05) is 13.1 Å². The fourth-order valence-corrected chi connectivity index (χ4v) is 7.07. The quantitative estimate of drug-likeness (QED) is 0.0666. The molecule has 2 nitrogen and oxygen atoms in total. The highest BCUT2D eigenvalue weighted by Gasteiger charge is 2.24. The van der Waals surface area contributed by atoms with Crippen LogP contribution in [0.2, 0.25) is 0 Å². The molecule has 0 radical (unpaired) electrons. The lowest BCUT2D eigenvalue weighted by Crippen LogP contribution is -2.39. The van der Waals surface area contributed by atoms with Crippen LogP contribution in [0.25, 0.3) is 0 Å². The monoisotopic (exact) mass is 603 g/mol. The zero-order valence-electron chi connectivity index (χ0n) is 30.4. The molecule has 0 aromatic rings. The van der Waals surface area contributed by atoms with Gasteiger partial charge >= 0.3 is 0 Å². The normalized spacial score (nSPS) is 14.9. The smallest absolute Gasteiger partial charge is 0.101 e. The average molecular weight is 603 g/mol. The second-order valence-corrected chi connectivity index (χ2v) is 14.3. The Morgan fingerprint density at radius 2 is 0.535 bits per heavy atom. The summed E-state index contributed by atoms with van der Waals surface area (Å²) in [7, 11) is 0. The Balaban J connectivity index is 2.10. The van der Waals surface area contributed by atoms with E-state index in [4.69, 9.17) is 0 Å². The van der Waals surface area contributed by atoms with Crippen molar-refractivity contribution in [2.45, 2.75) is 239 Å². The summed E-state index contributed by atoms with van der Waals surface area (Å²) in [5, 5.41) is 0. The molecule has 0 bridgehead atoms. The van der Waals surface area contributed by atoms with E-state index >= 15 is 0 Å². The van der Waals surface area contributed by atoms with Gasteiger partial charge in [0.1, 0.15) is 6.17 Å². The lowest BCUT2D eigenvalue weighted by atomic mass is 10.0. The summed E-state index contributed by atoms with van der Waals surface area (Å²) in [6, 6.07) is 0. The Labute approximate surface area is 273 Å². The van der Waals surface area contributed by atoms with Crippen LogP contribution in [0.4, 0.5) is 0 Å². The van der Waals surface area contributed by atoms with Crippen LogP contribution >= 0.6 is 0 Å². The van der Waals surface area contributed by atoms with Crippen LogP contribution in [0.1, 0.15) is 233 Å². The number of nitrogens with zero attached hydrogens (tertiary/aromatic N) is 2. The Morgan fingerprint density at radius 3 is 0.837 bits per heavy atom. The summed E-state index contributed by atoms with van der Waals surface area (Å²) in [5.74, 6) is 0. The van der Waals surface area contributed by atoms with Crippen LogP contribution in [0.3, 0.4) is 0 Å². The van der Waals surface area contributed by atoms with E-state index in [1.165, 1.54) is 225 Å². The van der Waals surface area contributed by atoms with Gasteiger partial charge in [-0.3, -0.25) is 0 Å². The highest BCUT2D eigenvalue weighted by molar-refractivity contribution is 4.97. The van der Waals surface area contributed by atoms with Gasteiger partial charge in [-0.25, -0.2) is 0 Å². The lowest BCUT2D eigenvalue weighted by Gasteiger charge is -2.33. The van der Waals surface area contributed by atoms with Gasteiger partial charge in [0.15, 0.2) is 0 Å². The SMILES string of the molecule is CCCCCCCCCCCCCCCCC1N(CCCCCC)C=CN1CCCCCCCCCCCCCCCC. The van der Waals surface area contributed by atoms with Crippen molar-refractivity contribution in [3.63, 3.8) is 0 Å². The molecular formula is C41H82N2. The highest BCUT2D eigenvalue weighted by Crippen LogP contribution is 2.24. The van der Waals surface area contributed by atoms with Crippen molar-refractivity contribution < 1.29 is 0 Å². The molecular weight excluding hydrogens is 520 g/mol. The maximum atomic E-state index is 2.71. The summed E-state index contributed by atoms with van der Waals surface area (Å²) in [6.45, 7) is 9.48. The second-order valence-electron chi connectivity index (χ2n) is 14.3. The Morgan fingerprint density at radius 1 is 0.302 bits per heavy atom. The molecule has 0 aliphatic carbocycles. The summed E-state index contributed by atoms with van der Waals surface area (Å²) in [6.07, 6.45) is 53.0. The first-order valence-corrected chi connectivity index (χ1v) is 20.5. The van der Waals surface area contributed by atoms with Gasteiger partial charge in [-0.05, 0) is 25.7 Å². The fourth-order valence-electron chi connectivity index (χ4n) is 7.07. The largest absolute Gasteiger partial charge is 0.356 e. The van der Waals surface area contributed by atoms with Crippen molar-refractivity contribution in [3.05, 3.63) is 12.4 Å². The predicted molar refractivity (Wildman–Crippen MR) is 196 cm³/mol. The minimum atomic E-state index is 0.640. The molecule has 0 aromatic carbocycles. The molecule has 1 unspecified atom stereocenters. The van der Waals surface area contributed by atoms with Crippen molar-refractivity contribution in [3.8, 4) is 0 Å². The van der Waals surface area contributed by atoms with Gasteiger partial charge in [-0.1, -0.05) is 207 Å². The Hall–Kier alpha value is -0.660. The molecule has 1 aliphatic heterocycles. The summed E-state index contributed by atoms with van der Waals surface area (Å²) in [5.41, 5.74) is 0. The minimum Gasteiger partial charge on any atom is -0.356 e. The molecule has 0 amide bonds. The van der Waals surface area contributed by atoms with Crippen LogP contribution in [0.5, 0.6) is 0 Å². The number of hydrogen-bond donors (Lipinski definition) is 0. The van der Waals surface area contributed by atoms with Gasteiger partial charge in [0.05, 0.1) is 0 Å². The molecule has 1 rings (SSSR count). The Bertz CT molecular complexity index is 558. The Kier molecular flexibility index (Phi) is 30.7. The molecule has 0 saturated carbocycles. The molecule has 0 N–H and O–H groups in total. The first kappa shape index (κ1) is 40.4. The molecule has 43 heavy (non-hydrogen) atoms. The van der Waals surface area contributed by atoms with Gasteiger partial charge in [-0.2, -0.15) is 0 Å². The molecule has 0 fully saturated rings. The summed E-state index contributed by atoms with van der Waals surface area (Å²) < 4.78 is 0. The average Bonchev–Trinajstić information content (AvgIpc) is 3.40. The van der Waals surface area contributed by atoms with E-state index in [1.807, 2.05) is 0 Å². The van der Waals surface area contributed by atoms with Crippen LogP contribution in [-0.4, -0.2) is 29.1 Å². The zero-order valence-corrected chi connectivity index (χ0v) is 30.4. The molecule has 0 spiro atoms. The van der Waals surface area contributed by atoms with E-state index in [0.29, 0.717) is 6.17 Å². The summed E-state index contributed by atoms with van der Waals surface area (Å²) >= 11 is 0. The van der Waals surface area contributed by atoms with Crippen molar-refractivity contribution in [2.24, 2.45) is 0 Å². The predicted octanol–water partition coefficient (Wildman–Crippen LogP) is 14.3. The maximum Gasteiger partial charge on any atom is 0.101 e. The fraction of sp³-hybridized carbons (Fsp3) is 0.951. The second kappa shape index (κ2) is 32.7. The molecule has 1 heterocycles. The van der Waals surface area contributed by atoms with Gasteiger partial charge < -0.3 is 9.80 Å². The van der Waals surface area contributed by atoms with E-state index in [2.05, 4.69) is 43.0 Å². The standard InChI is InChI=1S/C41H82N2/c1-4-7-10-13-15-17-19-21-23-25-27-29-31-33-36-41-42(37-34-12-9-6-3)39-40-43(41)38-35-32-30-28-26-24-22-20-18-16-14-11-8-5-2/h39-41H,4-38H2,1-3H3. The highest BCUT2D eigenvalue weighted by atomic mass is 15.4. The van der Waals surface area contributed by atoms with Gasteiger partial charge in [0.25, 0.3) is 0 Å². The van der Waals surface area contributed by atoms with Gasteiger partial charge in [0, 0.05) is 25.5 Å². The topological polar surface area (TPSA) is 6.48 Å². The van der Waals surface area contributed by atoms with Crippen LogP contribution in [0.15, 0.2) is 12.4 Å². The van der Waals surface area contributed by atoms with E-state index in [-0.39, 0.29) is 0 Å². The molecule has 256 valence electrons. The number of hydrogen-bond acceptors (Lipinski definition) is 2. The first-order chi connectivity index (χ1) is 21.3. The molecule has 0 aromatic heterocycles. The maximum absolute atomic E-state index is 2.71. The van der Waals surface area contributed by atoms with E-state index in [1.54, 1.807) is 0 Å². The third-order valence-corrected chi connectivity index (χ3v) is 10.1. The first-order valence-electron chi connectivity index (χ1n) is 20.5. The third kappa shape index (κ3) is 25.2. The van der Waals surface area contributed by atoms with Crippen molar-refractivity contribution >= 4 is 0 Å². The molecule has 2 heteroatoms. The molecule has 1 aliphatic rings. The van der Waals surface area contributed by atoms with Crippen molar-refractivity contribution in [1.29, 1.82) is 0 Å². The lowest BCUT2D eigenvalue weighted by molar-refractivity contribution is 0.135. The van der Waals surface area contributed by atoms with Gasteiger partial charge in [0.2, 0.25) is 0 Å². The number of rotatable bonds is 35. The number of unbranched alkanes of at least 4 members (excludes halogenated alkanes) is 29.